The van der Waals surface area contributed by atoms with E-state index < -0.39 is 13.9 Å². The summed E-state index contributed by atoms with van der Waals surface area (Å²) in [4.78, 5) is 23.0. The molecule has 0 aromatic rings. The molecule has 348 valence electrons. The zero-order valence-electron chi connectivity index (χ0n) is 39.5. The second-order valence-corrected chi connectivity index (χ2v) is 19.3. The summed E-state index contributed by atoms with van der Waals surface area (Å²) in [6.45, 7) is 5.61. The monoisotopic (exact) mass is 855 g/mol. The number of likely N-dealkylation sites (N-methyl/N-ethyl adjacent to an activating group) is 1. The van der Waals surface area contributed by atoms with Crippen LogP contribution in [0, 0.1) is 0 Å². The van der Waals surface area contributed by atoms with Crippen LogP contribution < -0.4 is 0 Å². The summed E-state index contributed by atoms with van der Waals surface area (Å²) in [5.41, 5.74) is 0. The Morgan fingerprint density at radius 1 is 0.525 bits per heavy atom. The second kappa shape index (κ2) is 43.4. The van der Waals surface area contributed by atoms with Gasteiger partial charge in [0.25, 0.3) is 0 Å². The number of phosphoric ester groups is 1. The van der Waals surface area contributed by atoms with E-state index in [4.69, 9.17) is 18.5 Å². The van der Waals surface area contributed by atoms with Gasteiger partial charge in [0, 0.05) is 13.0 Å². The molecule has 0 saturated heterocycles. The van der Waals surface area contributed by atoms with E-state index in [-0.39, 0.29) is 25.8 Å². The van der Waals surface area contributed by atoms with Crippen LogP contribution in [-0.4, -0.2) is 75.6 Å². The second-order valence-electron chi connectivity index (χ2n) is 17.8. The zero-order chi connectivity index (χ0) is 43.4. The fraction of sp³-hybridized carbons (Fsp3) is 0.860. The number of phosphoric acid groups is 1. The van der Waals surface area contributed by atoms with E-state index in [9.17, 15) is 14.3 Å². The number of allylic oxidation sites excluding steroid dienone is 6. The van der Waals surface area contributed by atoms with Crippen LogP contribution in [0.15, 0.2) is 36.5 Å². The number of hydrogen-bond acceptors (Lipinski definition) is 6. The van der Waals surface area contributed by atoms with Crippen molar-refractivity contribution < 1.29 is 37.3 Å². The van der Waals surface area contributed by atoms with E-state index in [2.05, 4.69) is 50.3 Å². The van der Waals surface area contributed by atoms with Gasteiger partial charge in [0.2, 0.25) is 0 Å². The number of rotatable bonds is 46. The Bertz CT molecular complexity index is 1040. The summed E-state index contributed by atoms with van der Waals surface area (Å²) < 4.78 is 35.1. The highest BCUT2D eigenvalue weighted by Crippen LogP contribution is 2.43. The summed E-state index contributed by atoms with van der Waals surface area (Å²) in [6, 6.07) is 0. The lowest BCUT2D eigenvalue weighted by Crippen LogP contribution is -2.37. The Hall–Kier alpha value is -1.28. The van der Waals surface area contributed by atoms with E-state index in [0.717, 1.165) is 38.5 Å². The molecule has 0 bridgehead atoms. The van der Waals surface area contributed by atoms with Crippen LogP contribution in [0.4, 0.5) is 0 Å². The number of nitrogens with zero attached hydrogens (tertiary/aromatic N) is 1. The first-order valence-corrected chi connectivity index (χ1v) is 26.2. The first kappa shape index (κ1) is 57.7. The van der Waals surface area contributed by atoms with Crippen LogP contribution in [0.2, 0.25) is 0 Å². The van der Waals surface area contributed by atoms with Crippen LogP contribution >= 0.6 is 7.82 Å². The van der Waals surface area contributed by atoms with Crippen molar-refractivity contribution in [2.45, 2.75) is 225 Å². The van der Waals surface area contributed by atoms with E-state index in [0.29, 0.717) is 24.1 Å². The zero-order valence-corrected chi connectivity index (χ0v) is 40.4. The first-order chi connectivity index (χ1) is 28.6. The molecule has 0 aliphatic heterocycles. The van der Waals surface area contributed by atoms with Crippen molar-refractivity contribution >= 4 is 13.8 Å². The number of ether oxygens (including phenoxy) is 2. The number of carbonyl (C=O) groups excluding carboxylic acids is 1. The van der Waals surface area contributed by atoms with Crippen molar-refractivity contribution in [3.8, 4) is 0 Å². The van der Waals surface area contributed by atoms with Gasteiger partial charge in [-0.05, 0) is 70.6 Å². The van der Waals surface area contributed by atoms with Crippen molar-refractivity contribution in [3.63, 3.8) is 0 Å². The average Bonchev–Trinajstić information content (AvgIpc) is 3.19. The third-order valence-corrected chi connectivity index (χ3v) is 11.7. The highest BCUT2D eigenvalue weighted by molar-refractivity contribution is 7.47. The minimum absolute atomic E-state index is 0.0874. The first-order valence-electron chi connectivity index (χ1n) is 24.7. The topological polar surface area (TPSA) is 91.3 Å². The number of hydrogen-bond donors (Lipinski definition) is 1. The third kappa shape index (κ3) is 47.6. The van der Waals surface area contributed by atoms with Crippen LogP contribution in [0.25, 0.3) is 0 Å². The predicted molar refractivity (Wildman–Crippen MR) is 252 cm³/mol. The van der Waals surface area contributed by atoms with Gasteiger partial charge in [0.1, 0.15) is 19.3 Å². The SMILES string of the molecule is CCCCC/C=C\C/C=C\CCCCCCCCCCCC(=O)OC(COCCCCCCCCCC/C=C\CCCCCCCC)COP(=O)(O)OCC[N+](C)(C)C. The van der Waals surface area contributed by atoms with Crippen LogP contribution in [0.5, 0.6) is 0 Å². The molecule has 0 aliphatic carbocycles. The number of carbonyl (C=O) groups is 1. The van der Waals surface area contributed by atoms with Gasteiger partial charge in [-0.25, -0.2) is 4.57 Å². The molecule has 0 heterocycles. The normalized spacial score (nSPS) is 13.9. The maximum Gasteiger partial charge on any atom is 0.472 e. The van der Waals surface area contributed by atoms with Gasteiger partial charge in [0.05, 0.1) is 34.4 Å². The molecule has 0 saturated carbocycles. The Balaban J connectivity index is 4.17. The van der Waals surface area contributed by atoms with Gasteiger partial charge in [-0.3, -0.25) is 13.8 Å². The summed E-state index contributed by atoms with van der Waals surface area (Å²) >= 11 is 0. The van der Waals surface area contributed by atoms with Crippen molar-refractivity contribution in [3.05, 3.63) is 36.5 Å². The van der Waals surface area contributed by atoms with Gasteiger partial charge in [0.15, 0.2) is 0 Å². The maximum atomic E-state index is 12.7. The molecule has 9 heteroatoms. The molecule has 0 radical (unpaired) electrons. The van der Waals surface area contributed by atoms with Gasteiger partial charge < -0.3 is 18.9 Å². The van der Waals surface area contributed by atoms with Crippen molar-refractivity contribution in [1.29, 1.82) is 0 Å². The highest BCUT2D eigenvalue weighted by atomic mass is 31.2. The summed E-state index contributed by atoms with van der Waals surface area (Å²) in [5, 5.41) is 0. The van der Waals surface area contributed by atoms with Gasteiger partial charge in [-0.15, -0.1) is 0 Å². The van der Waals surface area contributed by atoms with E-state index in [1.54, 1.807) is 0 Å². The molecule has 0 aromatic heterocycles. The summed E-state index contributed by atoms with van der Waals surface area (Å²) in [7, 11) is 1.67. The minimum Gasteiger partial charge on any atom is -0.457 e. The van der Waals surface area contributed by atoms with Crippen molar-refractivity contribution in [2.24, 2.45) is 0 Å². The van der Waals surface area contributed by atoms with Crippen molar-refractivity contribution in [1.82, 2.24) is 0 Å². The van der Waals surface area contributed by atoms with Gasteiger partial charge >= 0.3 is 13.8 Å². The molecular formula is C50H97NO7P+. The summed E-state index contributed by atoms with van der Waals surface area (Å²) in [5.74, 6) is -0.317. The van der Waals surface area contributed by atoms with E-state index in [1.807, 2.05) is 21.1 Å². The van der Waals surface area contributed by atoms with Gasteiger partial charge in [-0.2, -0.15) is 0 Å². The third-order valence-electron chi connectivity index (χ3n) is 10.7. The molecule has 0 aromatic carbocycles. The Morgan fingerprint density at radius 3 is 1.42 bits per heavy atom. The molecule has 0 amide bonds. The van der Waals surface area contributed by atoms with Crippen molar-refractivity contribution in [2.75, 3.05) is 54.1 Å². The van der Waals surface area contributed by atoms with Crippen LogP contribution in [0.1, 0.15) is 219 Å². The molecule has 8 nitrogen and oxygen atoms in total. The van der Waals surface area contributed by atoms with Crippen LogP contribution in [0.3, 0.4) is 0 Å². The standard InChI is InChI=1S/C50H96NO7P/c1-6-8-10-12-14-16-18-20-22-24-26-27-29-31-33-35-37-39-41-43-50(52)58-49(48-57-59(53,54)56-46-44-51(3,4)5)47-55-45-42-40-38-36-34-32-30-28-25-23-21-19-17-15-13-11-9-7-2/h14,16,20-23,49H,6-13,15,17-19,24-48H2,1-5H3/p+1/b16-14-,22-20-,23-21-. The lowest BCUT2D eigenvalue weighted by atomic mass is 10.1. The number of quaternary nitrogens is 1. The molecule has 59 heavy (non-hydrogen) atoms. The molecule has 0 fully saturated rings. The molecule has 1 N–H and O–H groups in total. The maximum absolute atomic E-state index is 12.7. The molecule has 2 unspecified atom stereocenters. The Morgan fingerprint density at radius 2 is 0.932 bits per heavy atom. The highest BCUT2D eigenvalue weighted by Gasteiger charge is 2.26. The summed E-state index contributed by atoms with van der Waals surface area (Å²) in [6.07, 6.45) is 51.8. The quantitative estimate of drug-likeness (QED) is 0.0214. The molecule has 0 spiro atoms. The lowest BCUT2D eigenvalue weighted by molar-refractivity contribution is -0.870. The lowest BCUT2D eigenvalue weighted by Gasteiger charge is -2.24. The van der Waals surface area contributed by atoms with Gasteiger partial charge in [-0.1, -0.05) is 179 Å². The minimum atomic E-state index is -4.28. The predicted octanol–water partition coefficient (Wildman–Crippen LogP) is 14.9. The fourth-order valence-electron chi connectivity index (χ4n) is 6.81. The number of esters is 1. The smallest absolute Gasteiger partial charge is 0.457 e. The molecule has 2 atom stereocenters. The van der Waals surface area contributed by atoms with E-state index in [1.165, 1.54) is 161 Å². The molecule has 0 aliphatic rings. The Labute approximate surface area is 365 Å². The number of unbranched alkanes of at least 4 members (excludes halogenated alkanes) is 26. The van der Waals surface area contributed by atoms with E-state index >= 15 is 0 Å². The average molecular weight is 855 g/mol. The van der Waals surface area contributed by atoms with Crippen LogP contribution in [-0.2, 0) is 27.9 Å². The largest absolute Gasteiger partial charge is 0.472 e. The Kier molecular flexibility index (Phi) is 42.4. The molecule has 0 rings (SSSR count). The fourth-order valence-corrected chi connectivity index (χ4v) is 7.56. The molecular weight excluding hydrogens is 758 g/mol.